The Morgan fingerprint density at radius 3 is 2.92 bits per heavy atom. The lowest BCUT2D eigenvalue weighted by Crippen LogP contribution is -2.34. The third-order valence-corrected chi connectivity index (χ3v) is 5.13. The summed E-state index contributed by atoms with van der Waals surface area (Å²) in [5.74, 6) is 0. The monoisotopic (exact) mass is 340 g/mol. The molecule has 4 heteroatoms. The second-order valence-electron chi connectivity index (χ2n) is 6.97. The number of hydrogen-bond acceptors (Lipinski definition) is 4. The van der Waals surface area contributed by atoms with Gasteiger partial charge in [-0.1, -0.05) is 30.3 Å². The van der Waals surface area contributed by atoms with E-state index in [4.69, 9.17) is 4.74 Å². The SMILES string of the molecule is CC(c1cccnc1)N(C)CC(O)COC1CCCc2ccccc21. The first kappa shape index (κ1) is 18.1. The fourth-order valence-corrected chi connectivity index (χ4v) is 3.53. The standard InChI is InChI=1S/C21H28N2O2/c1-16(18-9-6-12-22-13-18)23(2)14-19(24)15-25-21-11-5-8-17-7-3-4-10-20(17)21/h3-4,6-7,9-10,12-13,16,19,21,24H,5,8,11,14-15H2,1-2H3. The third-order valence-electron chi connectivity index (χ3n) is 5.13. The van der Waals surface area contributed by atoms with Crippen LogP contribution in [-0.4, -0.2) is 41.3 Å². The highest BCUT2D eigenvalue weighted by Gasteiger charge is 2.22. The van der Waals surface area contributed by atoms with Gasteiger partial charge < -0.3 is 9.84 Å². The molecule has 0 aliphatic heterocycles. The fourth-order valence-electron chi connectivity index (χ4n) is 3.53. The van der Waals surface area contributed by atoms with E-state index < -0.39 is 6.10 Å². The average Bonchev–Trinajstić information content (AvgIpc) is 2.66. The number of ether oxygens (including phenoxy) is 1. The lowest BCUT2D eigenvalue weighted by Gasteiger charge is -2.29. The molecule has 1 aromatic carbocycles. The second kappa shape index (κ2) is 8.56. The topological polar surface area (TPSA) is 45.6 Å². The molecule has 1 N–H and O–H groups in total. The van der Waals surface area contributed by atoms with Gasteiger partial charge in [0.2, 0.25) is 0 Å². The minimum Gasteiger partial charge on any atom is -0.389 e. The Labute approximate surface area is 150 Å². The highest BCUT2D eigenvalue weighted by Crippen LogP contribution is 2.32. The van der Waals surface area contributed by atoms with Gasteiger partial charge >= 0.3 is 0 Å². The lowest BCUT2D eigenvalue weighted by molar-refractivity contribution is -0.0289. The summed E-state index contributed by atoms with van der Waals surface area (Å²) in [7, 11) is 2.02. The smallest absolute Gasteiger partial charge is 0.0900 e. The highest BCUT2D eigenvalue weighted by atomic mass is 16.5. The van der Waals surface area contributed by atoms with Gasteiger partial charge in [-0.15, -0.1) is 0 Å². The number of nitrogens with zero attached hydrogens (tertiary/aromatic N) is 2. The van der Waals surface area contributed by atoms with E-state index in [1.807, 2.05) is 19.3 Å². The number of aryl methyl sites for hydroxylation is 1. The maximum absolute atomic E-state index is 10.4. The van der Waals surface area contributed by atoms with E-state index in [1.54, 1.807) is 6.20 Å². The van der Waals surface area contributed by atoms with Crippen molar-refractivity contribution in [1.29, 1.82) is 0 Å². The number of benzene rings is 1. The molecule has 0 bridgehead atoms. The Morgan fingerprint density at radius 1 is 1.28 bits per heavy atom. The van der Waals surface area contributed by atoms with Crippen molar-refractivity contribution in [3.8, 4) is 0 Å². The largest absolute Gasteiger partial charge is 0.389 e. The van der Waals surface area contributed by atoms with Gasteiger partial charge in [0.05, 0.1) is 18.8 Å². The zero-order valence-corrected chi connectivity index (χ0v) is 15.1. The Kier molecular flexibility index (Phi) is 6.19. The maximum Gasteiger partial charge on any atom is 0.0900 e. The first-order chi connectivity index (χ1) is 12.1. The summed E-state index contributed by atoms with van der Waals surface area (Å²) in [6.07, 6.45) is 6.58. The Balaban J connectivity index is 1.51. The quantitative estimate of drug-likeness (QED) is 0.837. The Hall–Kier alpha value is -1.75. The number of pyridine rings is 1. The maximum atomic E-state index is 10.4. The molecule has 3 unspecified atom stereocenters. The first-order valence-electron chi connectivity index (χ1n) is 9.12. The molecule has 2 aromatic rings. The van der Waals surface area contributed by atoms with Crippen molar-refractivity contribution in [1.82, 2.24) is 9.88 Å². The molecule has 3 rings (SSSR count). The molecule has 1 heterocycles. The summed E-state index contributed by atoms with van der Waals surface area (Å²) >= 11 is 0. The fraction of sp³-hybridized carbons (Fsp3) is 0.476. The van der Waals surface area contributed by atoms with E-state index in [0.29, 0.717) is 13.2 Å². The third kappa shape index (κ3) is 4.66. The molecule has 134 valence electrons. The normalized spacial score (nSPS) is 19.4. The van der Waals surface area contributed by atoms with Crippen LogP contribution in [-0.2, 0) is 11.2 Å². The predicted molar refractivity (Wildman–Crippen MR) is 99.4 cm³/mol. The van der Waals surface area contributed by atoms with Crippen LogP contribution in [0.15, 0.2) is 48.8 Å². The van der Waals surface area contributed by atoms with Crippen LogP contribution in [0, 0.1) is 0 Å². The van der Waals surface area contributed by atoms with Crippen molar-refractivity contribution >= 4 is 0 Å². The molecule has 0 saturated heterocycles. The van der Waals surface area contributed by atoms with Gasteiger partial charge in [-0.3, -0.25) is 9.88 Å². The van der Waals surface area contributed by atoms with Gasteiger partial charge in [0.1, 0.15) is 0 Å². The summed E-state index contributed by atoms with van der Waals surface area (Å²) in [5, 5.41) is 10.4. The van der Waals surface area contributed by atoms with Gasteiger partial charge in [-0.25, -0.2) is 0 Å². The van der Waals surface area contributed by atoms with Crippen molar-refractivity contribution in [2.45, 2.75) is 44.4 Å². The van der Waals surface area contributed by atoms with Gasteiger partial charge in [0.15, 0.2) is 0 Å². The summed E-state index contributed by atoms with van der Waals surface area (Å²) in [5.41, 5.74) is 3.83. The molecule has 0 amide bonds. The number of hydrogen-bond donors (Lipinski definition) is 1. The molecule has 1 aliphatic rings. The summed E-state index contributed by atoms with van der Waals surface area (Å²) in [4.78, 5) is 6.31. The minimum atomic E-state index is -0.502. The number of aliphatic hydroxyl groups is 1. The number of rotatable bonds is 7. The van der Waals surface area contributed by atoms with E-state index in [0.717, 1.165) is 24.8 Å². The van der Waals surface area contributed by atoms with E-state index in [9.17, 15) is 5.11 Å². The molecular weight excluding hydrogens is 312 g/mol. The summed E-state index contributed by atoms with van der Waals surface area (Å²) < 4.78 is 6.07. The molecule has 1 aliphatic carbocycles. The van der Waals surface area contributed by atoms with Crippen molar-refractivity contribution in [3.05, 3.63) is 65.5 Å². The summed E-state index contributed by atoms with van der Waals surface area (Å²) in [6.45, 7) is 3.06. The zero-order valence-electron chi connectivity index (χ0n) is 15.1. The average molecular weight is 340 g/mol. The molecule has 3 atom stereocenters. The van der Waals surface area contributed by atoms with E-state index >= 15 is 0 Å². The van der Waals surface area contributed by atoms with Gasteiger partial charge in [0, 0.05) is 25.0 Å². The van der Waals surface area contributed by atoms with Crippen molar-refractivity contribution < 1.29 is 9.84 Å². The van der Waals surface area contributed by atoms with Crippen LogP contribution in [0.3, 0.4) is 0 Å². The van der Waals surface area contributed by atoms with Crippen LogP contribution in [0.5, 0.6) is 0 Å². The van der Waals surface area contributed by atoms with Crippen molar-refractivity contribution in [2.24, 2.45) is 0 Å². The Morgan fingerprint density at radius 2 is 2.12 bits per heavy atom. The minimum absolute atomic E-state index is 0.112. The van der Waals surface area contributed by atoms with Crippen LogP contribution in [0.4, 0.5) is 0 Å². The van der Waals surface area contributed by atoms with E-state index in [2.05, 4.69) is 47.1 Å². The first-order valence-corrected chi connectivity index (χ1v) is 9.12. The zero-order chi connectivity index (χ0) is 17.6. The molecule has 0 fully saturated rings. The molecule has 1 aromatic heterocycles. The van der Waals surface area contributed by atoms with Crippen molar-refractivity contribution in [3.63, 3.8) is 0 Å². The van der Waals surface area contributed by atoms with Crippen LogP contribution in [0.2, 0.25) is 0 Å². The van der Waals surface area contributed by atoms with Gasteiger partial charge in [-0.05, 0) is 56.0 Å². The molecule has 0 radical (unpaired) electrons. The Bertz CT molecular complexity index is 662. The van der Waals surface area contributed by atoms with Crippen LogP contribution in [0.25, 0.3) is 0 Å². The van der Waals surface area contributed by atoms with E-state index in [1.165, 1.54) is 11.1 Å². The van der Waals surface area contributed by atoms with Crippen molar-refractivity contribution in [2.75, 3.05) is 20.2 Å². The molecular formula is C21H28N2O2. The predicted octanol–water partition coefficient (Wildman–Crippen LogP) is 3.53. The summed E-state index contributed by atoms with van der Waals surface area (Å²) in [6, 6.07) is 12.7. The van der Waals surface area contributed by atoms with Crippen LogP contribution < -0.4 is 0 Å². The van der Waals surface area contributed by atoms with Crippen LogP contribution >= 0.6 is 0 Å². The second-order valence-corrected chi connectivity index (χ2v) is 6.97. The molecule has 0 spiro atoms. The van der Waals surface area contributed by atoms with E-state index in [-0.39, 0.29) is 12.1 Å². The van der Waals surface area contributed by atoms with Gasteiger partial charge in [-0.2, -0.15) is 0 Å². The molecule has 0 saturated carbocycles. The number of fused-ring (bicyclic) bond motifs is 1. The number of likely N-dealkylation sites (N-methyl/N-ethyl adjacent to an activating group) is 1. The number of aromatic nitrogens is 1. The van der Waals surface area contributed by atoms with Crippen LogP contribution in [0.1, 0.15) is 48.6 Å². The molecule has 4 nitrogen and oxygen atoms in total. The van der Waals surface area contributed by atoms with Gasteiger partial charge in [0.25, 0.3) is 0 Å². The molecule has 25 heavy (non-hydrogen) atoms. The highest BCUT2D eigenvalue weighted by molar-refractivity contribution is 5.31. The number of aliphatic hydroxyl groups excluding tert-OH is 1. The lowest BCUT2D eigenvalue weighted by atomic mass is 9.89.